The minimum absolute atomic E-state index is 0. The maximum atomic E-state index is 6.23. The van der Waals surface area contributed by atoms with Gasteiger partial charge in [0.2, 0.25) is 16.6 Å². The highest BCUT2D eigenvalue weighted by molar-refractivity contribution is 6.98. The molecule has 0 N–H and O–H groups in total. The number of hydrogen-bond acceptors (Lipinski definition) is 6. The van der Waals surface area contributed by atoms with Crippen molar-refractivity contribution in [1.29, 1.82) is 0 Å². The van der Waals surface area contributed by atoms with Crippen LogP contribution in [0.15, 0.2) is 147 Å². The van der Waals surface area contributed by atoms with E-state index in [9.17, 15) is 0 Å². The quantitative estimate of drug-likeness (QED) is 0.0899. The van der Waals surface area contributed by atoms with Gasteiger partial charge in [0.05, 0.1) is 0 Å². The molecular formula is C42H96O6Si9. The van der Waals surface area contributed by atoms with Crippen molar-refractivity contribution in [3.63, 3.8) is 0 Å². The van der Waals surface area contributed by atoms with Crippen molar-refractivity contribution >= 4 is 75.6 Å². The summed E-state index contributed by atoms with van der Waals surface area (Å²) in [6.45, 7) is 70.9. The standard InChI is InChI=1S/C14H24O2Si3.C12H24O2Si3.C10H24O2Si3.6CH4/c1-9-18(10-2,11-3)15-17(7,8)16-19(12-4,13-5)14-6;1-9-16(7,10-2)13-15(5,6)14-17(8,11-3)12-4;1-9-13(3,4)11-15(7,8)12-14(5,6)10-2;;;;;;/h9-14H,1-6H2,7-8H3;9-12H,1-4H2,5-8H3;9-10H,1-2H2,3-8H3;6*1H4. The van der Waals surface area contributed by atoms with E-state index in [1.165, 1.54) is 0 Å². The van der Waals surface area contributed by atoms with Gasteiger partial charge < -0.3 is 24.7 Å². The number of rotatable bonds is 24. The van der Waals surface area contributed by atoms with Gasteiger partial charge in [-0.05, 0) is 78.6 Å². The summed E-state index contributed by atoms with van der Waals surface area (Å²) < 4.78 is 37.1. The molecule has 0 atom stereocenters. The molecule has 0 saturated carbocycles. The molecule has 0 amide bonds. The lowest BCUT2D eigenvalue weighted by atomic mass is 11.2. The van der Waals surface area contributed by atoms with Gasteiger partial charge in [0.1, 0.15) is 0 Å². The Hall–Kier alpha value is -1.41. The molecule has 336 valence electrons. The average molecular weight is 950 g/mol. The summed E-state index contributed by atoms with van der Waals surface area (Å²) in [4.78, 5) is 0. The summed E-state index contributed by atoms with van der Waals surface area (Å²) >= 11 is 0. The first-order valence-electron chi connectivity index (χ1n) is 16.8. The zero-order valence-electron chi connectivity index (χ0n) is 34.4. The van der Waals surface area contributed by atoms with Gasteiger partial charge in [-0.25, -0.2) is 0 Å². The minimum atomic E-state index is -2.40. The Morgan fingerprint density at radius 2 is 0.421 bits per heavy atom. The first kappa shape index (κ1) is 76.3. The van der Waals surface area contributed by atoms with Crippen LogP contribution in [0.3, 0.4) is 0 Å². The fourth-order valence-corrected chi connectivity index (χ4v) is 36.8. The summed E-state index contributed by atoms with van der Waals surface area (Å²) in [5.74, 6) is 0. The van der Waals surface area contributed by atoms with Crippen molar-refractivity contribution in [3.8, 4) is 0 Å². The van der Waals surface area contributed by atoms with E-state index < -0.39 is 75.6 Å². The van der Waals surface area contributed by atoms with Gasteiger partial charge in [-0.1, -0.05) is 113 Å². The molecule has 0 aromatic carbocycles. The monoisotopic (exact) mass is 949 g/mol. The van der Waals surface area contributed by atoms with Crippen LogP contribution in [-0.2, 0) is 24.7 Å². The van der Waals surface area contributed by atoms with Crippen molar-refractivity contribution < 1.29 is 24.7 Å². The minimum Gasteiger partial charge on any atom is -0.433 e. The smallest absolute Gasteiger partial charge is 0.312 e. The molecule has 0 bridgehead atoms. The third-order valence-electron chi connectivity index (χ3n) is 7.31. The van der Waals surface area contributed by atoms with E-state index in [4.69, 9.17) is 24.7 Å². The summed E-state index contributed by atoms with van der Waals surface area (Å²) in [6.07, 6.45) is 0. The summed E-state index contributed by atoms with van der Waals surface area (Å²) in [5.41, 5.74) is 22.2. The molecule has 0 unspecified atom stereocenters. The normalized spacial score (nSPS) is 11.6. The van der Waals surface area contributed by atoms with E-state index >= 15 is 0 Å². The van der Waals surface area contributed by atoms with Crippen molar-refractivity contribution in [2.24, 2.45) is 0 Å². The second-order valence-electron chi connectivity index (χ2n) is 14.5. The lowest BCUT2D eigenvalue weighted by Crippen LogP contribution is -2.53. The van der Waals surface area contributed by atoms with E-state index in [0.717, 1.165) is 0 Å². The average Bonchev–Trinajstić information content (AvgIpc) is 3.05. The van der Waals surface area contributed by atoms with Gasteiger partial charge in [-0.2, -0.15) is 0 Å². The summed E-state index contributed by atoms with van der Waals surface area (Å²) in [7, 11) is -18.9. The molecule has 0 rings (SSSR count). The van der Waals surface area contributed by atoms with Gasteiger partial charge >= 0.3 is 25.7 Å². The van der Waals surface area contributed by atoms with Crippen LogP contribution in [-0.4, -0.2) is 75.6 Å². The molecule has 0 aliphatic heterocycles. The Morgan fingerprint density at radius 1 is 0.246 bits per heavy atom. The van der Waals surface area contributed by atoms with E-state index in [-0.39, 0.29) is 44.6 Å². The fourth-order valence-electron chi connectivity index (χ4n) is 4.41. The van der Waals surface area contributed by atoms with Crippen LogP contribution in [0.5, 0.6) is 0 Å². The van der Waals surface area contributed by atoms with E-state index in [0.29, 0.717) is 0 Å². The molecule has 0 spiro atoms. The van der Waals surface area contributed by atoms with Gasteiger partial charge in [0.25, 0.3) is 16.6 Å². The highest BCUT2D eigenvalue weighted by atomic mass is 28.5. The van der Waals surface area contributed by atoms with Crippen molar-refractivity contribution in [1.82, 2.24) is 0 Å². The molecular weight excluding hydrogens is 853 g/mol. The fraction of sp³-hybridized carbons (Fsp3) is 0.429. The first-order chi connectivity index (χ1) is 23.0. The lowest BCUT2D eigenvalue weighted by molar-refractivity contribution is 0.399. The van der Waals surface area contributed by atoms with Crippen LogP contribution < -0.4 is 0 Å². The molecule has 0 fully saturated rings. The summed E-state index contributed by atoms with van der Waals surface area (Å²) in [6, 6.07) is 0. The lowest BCUT2D eigenvalue weighted by Gasteiger charge is -2.37. The third-order valence-corrected chi connectivity index (χ3v) is 38.7. The SMILES string of the molecule is C.C.C.C.C.C.C=C[Si](C)(C)O[Si](C)(C)O[Si](C)(C)C=C.C=C[Si](C)(C=C)O[Si](C)(C)O[Si](C)(C=C)C=C.C=C[Si](C=C)(C=C)O[Si](C)(C)O[Si](C=C)(C=C)C=C. The molecule has 0 radical (unpaired) electrons. The molecule has 0 heterocycles. The Bertz CT molecular complexity index is 1120. The molecule has 0 aromatic heterocycles. The topological polar surface area (TPSA) is 55.4 Å². The number of hydrogen-bond donors (Lipinski definition) is 0. The van der Waals surface area contributed by atoms with Crippen LogP contribution in [0, 0.1) is 0 Å². The summed E-state index contributed by atoms with van der Waals surface area (Å²) in [5, 5.41) is 0. The van der Waals surface area contributed by atoms with Crippen LogP contribution in [0.4, 0.5) is 0 Å². The third kappa shape index (κ3) is 30.3. The van der Waals surface area contributed by atoms with E-state index in [2.05, 4.69) is 131 Å². The van der Waals surface area contributed by atoms with E-state index in [1.807, 2.05) is 60.4 Å². The largest absolute Gasteiger partial charge is 0.433 e. The highest BCUT2D eigenvalue weighted by Crippen LogP contribution is 2.25. The molecule has 0 aliphatic rings. The molecule has 0 aliphatic carbocycles. The zero-order valence-corrected chi connectivity index (χ0v) is 43.4. The second kappa shape index (κ2) is 31.5. The van der Waals surface area contributed by atoms with Gasteiger partial charge in [0, 0.05) is 0 Å². The van der Waals surface area contributed by atoms with Crippen LogP contribution >= 0.6 is 0 Å². The Morgan fingerprint density at radius 3 is 0.579 bits per heavy atom. The van der Waals surface area contributed by atoms with Crippen LogP contribution in [0.2, 0.25) is 78.6 Å². The molecule has 0 aromatic rings. The Labute approximate surface area is 368 Å². The molecule has 57 heavy (non-hydrogen) atoms. The molecule has 6 nitrogen and oxygen atoms in total. The van der Waals surface area contributed by atoms with Gasteiger partial charge in [-0.15, -0.1) is 78.9 Å². The van der Waals surface area contributed by atoms with E-state index in [1.54, 1.807) is 34.2 Å². The Balaban J connectivity index is -0.0000000828. The maximum Gasteiger partial charge on any atom is 0.312 e. The first-order valence-corrected chi connectivity index (χ1v) is 40.6. The van der Waals surface area contributed by atoms with Crippen molar-refractivity contribution in [2.75, 3.05) is 0 Å². The predicted octanol–water partition coefficient (Wildman–Crippen LogP) is 15.1. The van der Waals surface area contributed by atoms with Crippen LogP contribution in [0.25, 0.3) is 0 Å². The molecule has 0 saturated heterocycles. The Kier molecular flexibility index (Phi) is 42.1. The van der Waals surface area contributed by atoms with Crippen molar-refractivity contribution in [3.05, 3.63) is 147 Å². The second-order valence-corrected chi connectivity index (χ2v) is 47.3. The van der Waals surface area contributed by atoms with Crippen molar-refractivity contribution in [2.45, 2.75) is 123 Å². The van der Waals surface area contributed by atoms with Gasteiger partial charge in [0.15, 0.2) is 16.6 Å². The molecule has 15 heteroatoms. The van der Waals surface area contributed by atoms with Gasteiger partial charge in [-0.3, -0.25) is 0 Å². The zero-order chi connectivity index (χ0) is 41.2. The maximum absolute atomic E-state index is 6.23. The van der Waals surface area contributed by atoms with Crippen LogP contribution in [0.1, 0.15) is 44.6 Å². The predicted molar refractivity (Wildman–Crippen MR) is 291 cm³/mol. The highest BCUT2D eigenvalue weighted by Gasteiger charge is 2.42.